The number of imidazole rings is 1. The van der Waals surface area contributed by atoms with Gasteiger partial charge in [0, 0.05) is 18.0 Å². The van der Waals surface area contributed by atoms with Gasteiger partial charge in [0.05, 0.1) is 16.4 Å². The van der Waals surface area contributed by atoms with E-state index in [0.29, 0.717) is 11.4 Å². The zero-order chi connectivity index (χ0) is 15.0. The van der Waals surface area contributed by atoms with Gasteiger partial charge in [-0.05, 0) is 38.0 Å². The summed E-state index contributed by atoms with van der Waals surface area (Å²) in [6, 6.07) is 5.65. The predicted molar refractivity (Wildman–Crippen MR) is 82.7 cm³/mol. The average molecular weight is 307 g/mol. The molecular formula is C16H19ClN2O2. The second-order valence-corrected chi connectivity index (χ2v) is 6.31. The second kappa shape index (κ2) is 5.34. The van der Waals surface area contributed by atoms with Crippen molar-refractivity contribution in [2.24, 2.45) is 5.41 Å². The maximum atomic E-state index is 11.7. The lowest BCUT2D eigenvalue weighted by Crippen LogP contribution is -2.31. The first kappa shape index (κ1) is 14.4. The van der Waals surface area contributed by atoms with Crippen LogP contribution in [0.4, 0.5) is 0 Å². The van der Waals surface area contributed by atoms with E-state index in [1.807, 2.05) is 18.2 Å². The Kier molecular flexibility index (Phi) is 3.66. The van der Waals surface area contributed by atoms with E-state index in [9.17, 15) is 9.90 Å². The van der Waals surface area contributed by atoms with E-state index in [1.165, 1.54) is 0 Å². The summed E-state index contributed by atoms with van der Waals surface area (Å²) in [5, 5.41) is 10.3. The van der Waals surface area contributed by atoms with E-state index in [-0.39, 0.29) is 0 Å². The van der Waals surface area contributed by atoms with E-state index in [0.717, 1.165) is 49.1 Å². The van der Waals surface area contributed by atoms with Crippen LogP contribution < -0.4 is 0 Å². The van der Waals surface area contributed by atoms with Crippen LogP contribution in [-0.2, 0) is 17.8 Å². The van der Waals surface area contributed by atoms with Crippen molar-refractivity contribution in [2.45, 2.75) is 45.6 Å². The molecule has 0 aliphatic heterocycles. The van der Waals surface area contributed by atoms with Gasteiger partial charge >= 0.3 is 5.97 Å². The highest BCUT2D eigenvalue weighted by molar-refractivity contribution is 6.31. The van der Waals surface area contributed by atoms with Gasteiger partial charge in [-0.15, -0.1) is 0 Å². The molecule has 1 heterocycles. The fraction of sp³-hybridized carbons (Fsp3) is 0.500. The van der Waals surface area contributed by atoms with E-state index in [2.05, 4.69) is 16.5 Å². The number of hydrogen-bond acceptors (Lipinski definition) is 2. The Bertz CT molecular complexity index is 687. The van der Waals surface area contributed by atoms with Crippen molar-refractivity contribution in [3.63, 3.8) is 0 Å². The van der Waals surface area contributed by atoms with Crippen molar-refractivity contribution in [3.05, 3.63) is 29.0 Å². The van der Waals surface area contributed by atoms with Gasteiger partial charge in [-0.1, -0.05) is 24.4 Å². The van der Waals surface area contributed by atoms with Crippen LogP contribution in [0, 0.1) is 5.41 Å². The molecule has 21 heavy (non-hydrogen) atoms. The maximum absolute atomic E-state index is 11.7. The summed E-state index contributed by atoms with van der Waals surface area (Å²) in [5.74, 6) is 0.173. The number of hydrogen-bond donors (Lipinski definition) is 1. The fourth-order valence-corrected chi connectivity index (χ4v) is 3.63. The summed E-state index contributed by atoms with van der Waals surface area (Å²) >= 11 is 6.03. The molecule has 2 aromatic rings. The molecule has 1 aromatic heterocycles. The Balaban J connectivity index is 2.05. The van der Waals surface area contributed by atoms with Crippen LogP contribution in [0.5, 0.6) is 0 Å². The Morgan fingerprint density at radius 3 is 2.76 bits per heavy atom. The van der Waals surface area contributed by atoms with Crippen molar-refractivity contribution in [1.29, 1.82) is 0 Å². The number of carbonyl (C=O) groups is 1. The van der Waals surface area contributed by atoms with Gasteiger partial charge in [0.25, 0.3) is 0 Å². The molecule has 0 bridgehead atoms. The molecule has 3 rings (SSSR count). The van der Waals surface area contributed by atoms with E-state index >= 15 is 0 Å². The third kappa shape index (κ3) is 2.42. The highest BCUT2D eigenvalue weighted by Crippen LogP contribution is 2.41. The molecule has 1 fully saturated rings. The summed E-state index contributed by atoms with van der Waals surface area (Å²) in [6.45, 7) is 2.84. The maximum Gasteiger partial charge on any atom is 0.310 e. The number of aryl methyl sites for hydroxylation is 1. The lowest BCUT2D eigenvalue weighted by molar-refractivity contribution is -0.148. The Morgan fingerprint density at radius 2 is 2.14 bits per heavy atom. The van der Waals surface area contributed by atoms with E-state index in [1.54, 1.807) is 0 Å². The van der Waals surface area contributed by atoms with Crippen LogP contribution in [0.25, 0.3) is 11.0 Å². The van der Waals surface area contributed by atoms with E-state index < -0.39 is 11.4 Å². The quantitative estimate of drug-likeness (QED) is 0.932. The van der Waals surface area contributed by atoms with Gasteiger partial charge in [0.15, 0.2) is 0 Å². The van der Waals surface area contributed by atoms with Gasteiger partial charge < -0.3 is 9.67 Å². The highest BCUT2D eigenvalue weighted by Gasteiger charge is 2.42. The van der Waals surface area contributed by atoms with Gasteiger partial charge in [0.1, 0.15) is 5.82 Å². The molecular weight excluding hydrogens is 288 g/mol. The standard InChI is InChI=1S/C16H19ClN2O2/c1-2-19-13-6-5-11(17)9-12(13)18-14(19)10-16(15(20)21)7-3-4-8-16/h5-6,9H,2-4,7-8,10H2,1H3,(H,20,21). The van der Waals surface area contributed by atoms with Crippen molar-refractivity contribution < 1.29 is 9.90 Å². The molecule has 5 heteroatoms. The normalized spacial score (nSPS) is 17.4. The van der Waals surface area contributed by atoms with Gasteiger partial charge in [-0.2, -0.15) is 0 Å². The zero-order valence-electron chi connectivity index (χ0n) is 12.1. The minimum atomic E-state index is -0.687. The number of benzene rings is 1. The van der Waals surface area contributed by atoms with E-state index in [4.69, 9.17) is 11.6 Å². The summed E-state index contributed by atoms with van der Waals surface area (Å²) in [5.41, 5.74) is 1.23. The number of carboxylic acid groups (broad SMARTS) is 1. The minimum absolute atomic E-state index is 0.502. The lowest BCUT2D eigenvalue weighted by Gasteiger charge is -2.23. The number of rotatable bonds is 4. The predicted octanol–water partition coefficient (Wildman–Crippen LogP) is 3.90. The van der Waals surface area contributed by atoms with Gasteiger partial charge in [-0.3, -0.25) is 4.79 Å². The zero-order valence-corrected chi connectivity index (χ0v) is 12.9. The largest absolute Gasteiger partial charge is 0.481 e. The smallest absolute Gasteiger partial charge is 0.310 e. The summed E-state index contributed by atoms with van der Waals surface area (Å²) in [4.78, 5) is 16.4. The van der Waals surface area contributed by atoms with Crippen LogP contribution in [-0.4, -0.2) is 20.6 Å². The third-order valence-electron chi connectivity index (χ3n) is 4.62. The second-order valence-electron chi connectivity index (χ2n) is 5.87. The fourth-order valence-electron chi connectivity index (χ4n) is 3.46. The molecule has 0 radical (unpaired) electrons. The van der Waals surface area contributed by atoms with Crippen molar-refractivity contribution in [3.8, 4) is 0 Å². The first-order valence-electron chi connectivity index (χ1n) is 7.44. The molecule has 1 aliphatic carbocycles. The molecule has 0 saturated heterocycles. The molecule has 0 atom stereocenters. The lowest BCUT2D eigenvalue weighted by atomic mass is 9.82. The van der Waals surface area contributed by atoms with Gasteiger partial charge in [-0.25, -0.2) is 4.98 Å². The highest BCUT2D eigenvalue weighted by atomic mass is 35.5. The number of aliphatic carboxylic acids is 1. The third-order valence-corrected chi connectivity index (χ3v) is 4.85. The number of fused-ring (bicyclic) bond motifs is 1. The molecule has 0 spiro atoms. The number of halogens is 1. The molecule has 1 aliphatic rings. The molecule has 1 N–H and O–H groups in total. The van der Waals surface area contributed by atoms with Crippen LogP contribution >= 0.6 is 11.6 Å². The Morgan fingerprint density at radius 1 is 1.43 bits per heavy atom. The van der Waals surface area contributed by atoms with Gasteiger partial charge in [0.2, 0.25) is 0 Å². The first-order valence-corrected chi connectivity index (χ1v) is 7.81. The van der Waals surface area contributed by atoms with Crippen molar-refractivity contribution >= 4 is 28.6 Å². The average Bonchev–Trinajstić information content (AvgIpc) is 3.03. The van der Waals surface area contributed by atoms with Crippen molar-refractivity contribution in [2.75, 3.05) is 0 Å². The molecule has 0 amide bonds. The topological polar surface area (TPSA) is 55.1 Å². The summed E-state index contributed by atoms with van der Waals surface area (Å²) < 4.78 is 2.11. The first-order chi connectivity index (χ1) is 10.1. The Labute approximate surface area is 128 Å². The molecule has 4 nitrogen and oxygen atoms in total. The monoisotopic (exact) mass is 306 g/mol. The number of aromatic nitrogens is 2. The van der Waals surface area contributed by atoms with Crippen LogP contribution in [0.15, 0.2) is 18.2 Å². The summed E-state index contributed by atoms with van der Waals surface area (Å²) in [6.07, 6.45) is 3.98. The molecule has 112 valence electrons. The van der Waals surface area contributed by atoms with Crippen LogP contribution in [0.2, 0.25) is 5.02 Å². The molecule has 0 unspecified atom stereocenters. The molecule has 1 aromatic carbocycles. The SMILES string of the molecule is CCn1c(CC2(C(=O)O)CCCC2)nc2cc(Cl)ccc21. The number of nitrogens with zero attached hydrogens (tertiary/aromatic N) is 2. The van der Waals surface area contributed by atoms with Crippen LogP contribution in [0.3, 0.4) is 0 Å². The molecule has 1 saturated carbocycles. The number of carboxylic acids is 1. The van der Waals surface area contributed by atoms with Crippen molar-refractivity contribution in [1.82, 2.24) is 9.55 Å². The minimum Gasteiger partial charge on any atom is -0.481 e. The van der Waals surface area contributed by atoms with Crippen LogP contribution in [0.1, 0.15) is 38.4 Å². The Hall–Kier alpha value is -1.55. The summed E-state index contributed by atoms with van der Waals surface area (Å²) in [7, 11) is 0.